The van der Waals surface area contributed by atoms with E-state index in [4.69, 9.17) is 11.0 Å². The molecule has 0 spiro atoms. The van der Waals surface area contributed by atoms with E-state index in [0.717, 1.165) is 5.56 Å². The van der Waals surface area contributed by atoms with Gasteiger partial charge in [0.15, 0.2) is 0 Å². The lowest BCUT2D eigenvalue weighted by atomic mass is 9.84. The summed E-state index contributed by atoms with van der Waals surface area (Å²) in [6, 6.07) is 7.55. The molecule has 0 aliphatic heterocycles. The molecule has 108 valence electrons. The van der Waals surface area contributed by atoms with E-state index in [2.05, 4.69) is 32.2 Å². The zero-order chi connectivity index (χ0) is 15.3. The molecule has 3 N–H and O–H groups in total. The highest BCUT2D eigenvalue weighted by Crippen LogP contribution is 2.26. The van der Waals surface area contributed by atoms with Crippen LogP contribution in [-0.4, -0.2) is 12.5 Å². The highest BCUT2D eigenvalue weighted by atomic mass is 16.1. The quantitative estimate of drug-likeness (QED) is 0.885. The molecule has 4 heteroatoms. The van der Waals surface area contributed by atoms with E-state index in [-0.39, 0.29) is 17.2 Å². The molecule has 1 aromatic carbocycles. The van der Waals surface area contributed by atoms with Crippen LogP contribution in [0.4, 0.5) is 5.69 Å². The number of aryl methyl sites for hydroxylation is 1. The first-order valence-electron chi connectivity index (χ1n) is 6.79. The third-order valence-corrected chi connectivity index (χ3v) is 3.16. The number of nitrogens with two attached hydrogens (primary N) is 1. The second kappa shape index (κ2) is 6.53. The molecule has 0 aliphatic carbocycles. The Kier molecular flexibility index (Phi) is 5.29. The molecule has 1 atom stereocenters. The van der Waals surface area contributed by atoms with Crippen molar-refractivity contribution >= 4 is 11.6 Å². The lowest BCUT2D eigenvalue weighted by Gasteiger charge is -2.24. The van der Waals surface area contributed by atoms with Crippen molar-refractivity contribution in [3.8, 4) is 6.07 Å². The van der Waals surface area contributed by atoms with Gasteiger partial charge in [0, 0.05) is 6.54 Å². The summed E-state index contributed by atoms with van der Waals surface area (Å²) >= 11 is 0. The Bertz CT molecular complexity index is 524. The first kappa shape index (κ1) is 16.2. The van der Waals surface area contributed by atoms with E-state index < -0.39 is 0 Å². The summed E-state index contributed by atoms with van der Waals surface area (Å²) in [7, 11) is 0. The van der Waals surface area contributed by atoms with E-state index in [1.807, 2.05) is 19.1 Å². The van der Waals surface area contributed by atoms with Gasteiger partial charge in [0.1, 0.15) is 6.07 Å². The van der Waals surface area contributed by atoms with Crippen LogP contribution in [0.1, 0.15) is 38.3 Å². The highest BCUT2D eigenvalue weighted by Gasteiger charge is 2.24. The molecule has 1 aromatic rings. The van der Waals surface area contributed by atoms with Crippen molar-refractivity contribution in [3.63, 3.8) is 0 Å². The summed E-state index contributed by atoms with van der Waals surface area (Å²) < 4.78 is 0. The standard InChI is InChI=1S/C16H23N3O/c1-11-6-5-7-14(13(11)10-18)19-15(20)12(9-17)8-16(2,3)4/h5-7,12H,8-9,17H2,1-4H3,(H,19,20). The lowest BCUT2D eigenvalue weighted by Crippen LogP contribution is -2.32. The molecule has 0 heterocycles. The number of anilines is 1. The minimum absolute atomic E-state index is 0.0338. The van der Waals surface area contributed by atoms with Gasteiger partial charge in [-0.15, -0.1) is 0 Å². The van der Waals surface area contributed by atoms with Crippen molar-refractivity contribution < 1.29 is 4.79 Å². The molecular weight excluding hydrogens is 250 g/mol. The predicted molar refractivity (Wildman–Crippen MR) is 81.1 cm³/mol. The minimum Gasteiger partial charge on any atom is -0.330 e. The van der Waals surface area contributed by atoms with Crippen LogP contribution in [0.25, 0.3) is 0 Å². The summed E-state index contributed by atoms with van der Waals surface area (Å²) in [5.41, 5.74) is 7.66. The Morgan fingerprint density at radius 1 is 1.45 bits per heavy atom. The molecule has 0 bridgehead atoms. The number of nitrogens with zero attached hydrogens (tertiary/aromatic N) is 1. The Balaban J connectivity index is 2.90. The fourth-order valence-electron chi connectivity index (χ4n) is 2.18. The van der Waals surface area contributed by atoms with Gasteiger partial charge in [0.25, 0.3) is 0 Å². The van der Waals surface area contributed by atoms with Crippen molar-refractivity contribution in [3.05, 3.63) is 29.3 Å². The maximum Gasteiger partial charge on any atom is 0.228 e. The number of rotatable bonds is 4. The van der Waals surface area contributed by atoms with E-state index in [0.29, 0.717) is 24.2 Å². The molecule has 0 aromatic heterocycles. The average Bonchev–Trinajstić information content (AvgIpc) is 2.35. The number of hydrogen-bond acceptors (Lipinski definition) is 3. The van der Waals surface area contributed by atoms with Crippen LogP contribution >= 0.6 is 0 Å². The van der Waals surface area contributed by atoms with E-state index >= 15 is 0 Å². The first-order chi connectivity index (χ1) is 9.28. The van der Waals surface area contributed by atoms with Gasteiger partial charge in [-0.3, -0.25) is 4.79 Å². The SMILES string of the molecule is Cc1cccc(NC(=O)C(CN)CC(C)(C)C)c1C#N. The largest absolute Gasteiger partial charge is 0.330 e. The molecule has 0 fully saturated rings. The average molecular weight is 273 g/mol. The number of nitriles is 1. The molecule has 0 aliphatic rings. The molecule has 4 nitrogen and oxygen atoms in total. The van der Waals surface area contributed by atoms with E-state index in [9.17, 15) is 4.79 Å². The van der Waals surface area contributed by atoms with Crippen molar-refractivity contribution in [1.82, 2.24) is 0 Å². The Labute approximate surface area is 121 Å². The molecule has 1 rings (SSSR count). The van der Waals surface area contributed by atoms with Gasteiger partial charge in [-0.25, -0.2) is 0 Å². The van der Waals surface area contributed by atoms with Crippen molar-refractivity contribution in [2.75, 3.05) is 11.9 Å². The fourth-order valence-corrected chi connectivity index (χ4v) is 2.18. The van der Waals surface area contributed by atoms with Crippen LogP contribution in [0, 0.1) is 29.6 Å². The molecule has 0 saturated carbocycles. The summed E-state index contributed by atoms with van der Waals surface area (Å²) in [6.07, 6.45) is 0.711. The number of nitrogens with one attached hydrogen (secondary N) is 1. The van der Waals surface area contributed by atoms with E-state index in [1.54, 1.807) is 6.07 Å². The predicted octanol–water partition coefficient (Wildman–Crippen LogP) is 2.82. The summed E-state index contributed by atoms with van der Waals surface area (Å²) in [6.45, 7) is 8.39. The Hall–Kier alpha value is -1.86. The van der Waals surface area contributed by atoms with Gasteiger partial charge in [0.05, 0.1) is 17.2 Å². The fraction of sp³-hybridized carbons (Fsp3) is 0.500. The number of benzene rings is 1. The monoisotopic (exact) mass is 273 g/mol. The molecular formula is C16H23N3O. The Morgan fingerprint density at radius 3 is 2.60 bits per heavy atom. The molecule has 1 unspecified atom stereocenters. The van der Waals surface area contributed by atoms with Crippen LogP contribution in [-0.2, 0) is 4.79 Å². The number of amides is 1. The zero-order valence-corrected chi connectivity index (χ0v) is 12.7. The topological polar surface area (TPSA) is 78.9 Å². The van der Waals surface area contributed by atoms with Crippen molar-refractivity contribution in [2.45, 2.75) is 34.1 Å². The van der Waals surface area contributed by atoms with Gasteiger partial charge in [-0.05, 0) is 30.4 Å². The molecule has 0 saturated heterocycles. The molecule has 20 heavy (non-hydrogen) atoms. The minimum atomic E-state index is -0.248. The van der Waals surface area contributed by atoms with Gasteiger partial charge in [-0.1, -0.05) is 32.9 Å². The second-order valence-corrected chi connectivity index (χ2v) is 6.30. The van der Waals surface area contributed by atoms with Gasteiger partial charge in [0.2, 0.25) is 5.91 Å². The summed E-state index contributed by atoms with van der Waals surface area (Å²) in [4.78, 5) is 12.3. The Morgan fingerprint density at radius 2 is 2.10 bits per heavy atom. The van der Waals surface area contributed by atoms with Gasteiger partial charge >= 0.3 is 0 Å². The van der Waals surface area contributed by atoms with Crippen LogP contribution in [0.2, 0.25) is 0 Å². The number of hydrogen-bond donors (Lipinski definition) is 2. The smallest absolute Gasteiger partial charge is 0.228 e. The maximum atomic E-state index is 12.3. The summed E-state index contributed by atoms with van der Waals surface area (Å²) in [5, 5.41) is 12.0. The van der Waals surface area contributed by atoms with Crippen LogP contribution in [0.5, 0.6) is 0 Å². The van der Waals surface area contributed by atoms with Crippen LogP contribution in [0.3, 0.4) is 0 Å². The summed E-state index contributed by atoms with van der Waals surface area (Å²) in [5.74, 6) is -0.369. The zero-order valence-electron chi connectivity index (χ0n) is 12.7. The number of carbonyl (C=O) groups is 1. The third-order valence-electron chi connectivity index (χ3n) is 3.16. The van der Waals surface area contributed by atoms with Crippen molar-refractivity contribution in [2.24, 2.45) is 17.1 Å². The van der Waals surface area contributed by atoms with Gasteiger partial charge < -0.3 is 11.1 Å². The highest BCUT2D eigenvalue weighted by molar-refractivity contribution is 5.94. The van der Waals surface area contributed by atoms with E-state index in [1.165, 1.54) is 0 Å². The second-order valence-electron chi connectivity index (χ2n) is 6.30. The number of carbonyl (C=O) groups excluding carboxylic acids is 1. The molecule has 0 radical (unpaired) electrons. The lowest BCUT2D eigenvalue weighted by molar-refractivity contribution is -0.120. The third kappa shape index (κ3) is 4.36. The maximum absolute atomic E-state index is 12.3. The van der Waals surface area contributed by atoms with Crippen LogP contribution < -0.4 is 11.1 Å². The normalized spacial score (nSPS) is 12.6. The molecule has 1 amide bonds. The van der Waals surface area contributed by atoms with Crippen LogP contribution in [0.15, 0.2) is 18.2 Å². The first-order valence-corrected chi connectivity index (χ1v) is 6.79. The van der Waals surface area contributed by atoms with Crippen molar-refractivity contribution in [1.29, 1.82) is 5.26 Å². The van der Waals surface area contributed by atoms with Gasteiger partial charge in [-0.2, -0.15) is 5.26 Å².